The highest BCUT2D eigenvalue weighted by Gasteiger charge is 1.98. The van der Waals surface area contributed by atoms with Gasteiger partial charge in [-0.3, -0.25) is 0 Å². The van der Waals surface area contributed by atoms with Crippen molar-refractivity contribution in [2.24, 2.45) is 5.92 Å². The molecule has 1 N–H and O–H groups in total. The number of benzene rings is 1. The molecule has 20 heavy (non-hydrogen) atoms. The summed E-state index contributed by atoms with van der Waals surface area (Å²) in [5.74, 6) is 0.710. The second-order valence-electron chi connectivity index (χ2n) is 5.68. The highest BCUT2D eigenvalue weighted by atomic mass is 14.8. The van der Waals surface area contributed by atoms with Gasteiger partial charge in [0.25, 0.3) is 0 Å². The Hall–Kier alpha value is -1.08. The molecule has 1 rings (SSSR count). The predicted octanol–water partition coefficient (Wildman–Crippen LogP) is 4.98. The van der Waals surface area contributed by atoms with Crippen molar-refractivity contribution < 1.29 is 0 Å². The molecular weight excluding hydrogens is 242 g/mol. The fourth-order valence-electron chi connectivity index (χ4n) is 2.34. The molecule has 1 aromatic rings. The number of nitrogens with one attached hydrogen (secondary N) is 1. The van der Waals surface area contributed by atoms with Crippen molar-refractivity contribution in [1.29, 1.82) is 0 Å². The topological polar surface area (TPSA) is 12.0 Å². The van der Waals surface area contributed by atoms with Gasteiger partial charge in [0.2, 0.25) is 0 Å². The number of rotatable bonds is 11. The van der Waals surface area contributed by atoms with E-state index in [2.05, 4.69) is 61.6 Å². The second kappa shape index (κ2) is 11.7. The van der Waals surface area contributed by atoms with E-state index in [-0.39, 0.29) is 0 Å². The maximum atomic E-state index is 3.44. The van der Waals surface area contributed by atoms with Crippen LogP contribution in [0.3, 0.4) is 0 Å². The van der Waals surface area contributed by atoms with Gasteiger partial charge in [0.15, 0.2) is 0 Å². The molecule has 0 radical (unpaired) electrons. The molecule has 1 aromatic carbocycles. The van der Waals surface area contributed by atoms with Crippen LogP contribution in [0.5, 0.6) is 0 Å². The molecule has 0 aliphatic heterocycles. The fraction of sp³-hybridized carbons (Fsp3) is 0.579. The van der Waals surface area contributed by atoms with Gasteiger partial charge in [-0.25, -0.2) is 0 Å². The zero-order valence-electron chi connectivity index (χ0n) is 13.3. The minimum absolute atomic E-state index is 0.710. The van der Waals surface area contributed by atoms with Gasteiger partial charge in [-0.2, -0.15) is 0 Å². The Morgan fingerprint density at radius 1 is 1.10 bits per heavy atom. The molecular formula is C19H31N. The molecule has 1 heteroatoms. The monoisotopic (exact) mass is 273 g/mol. The summed E-state index contributed by atoms with van der Waals surface area (Å²) in [5, 5.41) is 3.44. The van der Waals surface area contributed by atoms with E-state index in [1.165, 1.54) is 44.1 Å². The molecule has 112 valence electrons. The van der Waals surface area contributed by atoms with Crippen molar-refractivity contribution in [3.63, 3.8) is 0 Å². The van der Waals surface area contributed by atoms with Gasteiger partial charge in [0, 0.05) is 0 Å². The maximum absolute atomic E-state index is 3.44. The first-order valence-electron chi connectivity index (χ1n) is 8.24. The van der Waals surface area contributed by atoms with Gasteiger partial charge in [-0.05, 0) is 63.1 Å². The zero-order valence-corrected chi connectivity index (χ0v) is 13.3. The van der Waals surface area contributed by atoms with E-state index in [4.69, 9.17) is 0 Å². The first-order valence-corrected chi connectivity index (χ1v) is 8.24. The minimum atomic E-state index is 0.710. The Balaban J connectivity index is 2.00. The Labute approximate surface area is 125 Å². The van der Waals surface area contributed by atoms with E-state index >= 15 is 0 Å². The third-order valence-electron chi connectivity index (χ3n) is 3.58. The molecule has 1 unspecified atom stereocenters. The molecule has 0 amide bonds. The average molecular weight is 273 g/mol. The summed E-state index contributed by atoms with van der Waals surface area (Å²) in [6.45, 7) is 6.85. The molecule has 0 aliphatic carbocycles. The van der Waals surface area contributed by atoms with Crippen molar-refractivity contribution in [3.8, 4) is 0 Å². The predicted molar refractivity (Wildman–Crippen MR) is 90.1 cm³/mol. The summed E-state index contributed by atoms with van der Waals surface area (Å²) in [6.07, 6.45) is 12.2. The number of aryl methyl sites for hydroxylation is 1. The lowest BCUT2D eigenvalue weighted by molar-refractivity contribution is 0.602. The number of unbranched alkanes of at least 4 members (excludes halogenated alkanes) is 1. The summed E-state index contributed by atoms with van der Waals surface area (Å²) in [4.78, 5) is 0. The van der Waals surface area contributed by atoms with Crippen LogP contribution in [0.15, 0.2) is 42.5 Å². The Morgan fingerprint density at radius 3 is 2.65 bits per heavy atom. The van der Waals surface area contributed by atoms with E-state index in [9.17, 15) is 0 Å². The first-order chi connectivity index (χ1) is 9.83. The molecule has 1 atom stereocenters. The molecule has 1 nitrogen and oxygen atoms in total. The van der Waals surface area contributed by atoms with Crippen LogP contribution < -0.4 is 5.32 Å². The van der Waals surface area contributed by atoms with Crippen LogP contribution in [0.4, 0.5) is 0 Å². The highest BCUT2D eigenvalue weighted by molar-refractivity contribution is 5.14. The van der Waals surface area contributed by atoms with E-state index in [0.29, 0.717) is 5.92 Å². The molecule has 0 aromatic heterocycles. The quantitative estimate of drug-likeness (QED) is 0.443. The number of hydrogen-bond donors (Lipinski definition) is 1. The maximum Gasteiger partial charge on any atom is -0.00460 e. The lowest BCUT2D eigenvalue weighted by Crippen LogP contribution is -2.15. The van der Waals surface area contributed by atoms with Crippen molar-refractivity contribution in [2.45, 2.75) is 52.4 Å². The number of allylic oxidation sites excluding steroid dienone is 2. The summed E-state index contributed by atoms with van der Waals surface area (Å²) >= 11 is 0. The Morgan fingerprint density at radius 2 is 1.90 bits per heavy atom. The number of hydrogen-bond acceptors (Lipinski definition) is 1. The van der Waals surface area contributed by atoms with Gasteiger partial charge < -0.3 is 5.32 Å². The molecule has 0 bridgehead atoms. The minimum Gasteiger partial charge on any atom is -0.317 e. The standard InChI is InChI=1S/C19H31N/c1-3-16-20-17-9-5-6-11-18(2)12-10-15-19-13-7-4-8-14-19/h4,6-8,11,13-14,18,20H,3,5,9-10,12,15-17H2,1-2H3. The van der Waals surface area contributed by atoms with E-state index in [0.717, 1.165) is 13.1 Å². The van der Waals surface area contributed by atoms with Gasteiger partial charge in [-0.15, -0.1) is 0 Å². The third kappa shape index (κ3) is 8.92. The average Bonchev–Trinajstić information content (AvgIpc) is 2.47. The summed E-state index contributed by atoms with van der Waals surface area (Å²) in [6, 6.07) is 10.8. The summed E-state index contributed by atoms with van der Waals surface area (Å²) in [7, 11) is 0. The summed E-state index contributed by atoms with van der Waals surface area (Å²) < 4.78 is 0. The molecule has 0 fully saturated rings. The van der Waals surface area contributed by atoms with E-state index in [1.54, 1.807) is 0 Å². The summed E-state index contributed by atoms with van der Waals surface area (Å²) in [5.41, 5.74) is 1.46. The van der Waals surface area contributed by atoms with Crippen LogP contribution in [-0.4, -0.2) is 13.1 Å². The molecule has 0 saturated carbocycles. The van der Waals surface area contributed by atoms with Crippen LogP contribution in [0.25, 0.3) is 0 Å². The Bertz CT molecular complexity index is 342. The van der Waals surface area contributed by atoms with Gasteiger partial charge in [0.1, 0.15) is 0 Å². The van der Waals surface area contributed by atoms with Crippen molar-refractivity contribution in [3.05, 3.63) is 48.0 Å². The van der Waals surface area contributed by atoms with Crippen LogP contribution in [-0.2, 0) is 6.42 Å². The van der Waals surface area contributed by atoms with Crippen molar-refractivity contribution in [1.82, 2.24) is 5.32 Å². The molecule has 0 heterocycles. The molecule has 0 saturated heterocycles. The zero-order chi connectivity index (χ0) is 14.5. The van der Waals surface area contributed by atoms with Crippen LogP contribution in [0.1, 0.15) is 51.5 Å². The second-order valence-corrected chi connectivity index (χ2v) is 5.68. The van der Waals surface area contributed by atoms with Crippen molar-refractivity contribution in [2.75, 3.05) is 13.1 Å². The lowest BCUT2D eigenvalue weighted by atomic mass is 10.0. The third-order valence-corrected chi connectivity index (χ3v) is 3.58. The van der Waals surface area contributed by atoms with Gasteiger partial charge in [-0.1, -0.05) is 56.3 Å². The first kappa shape index (κ1) is 17.0. The largest absolute Gasteiger partial charge is 0.317 e. The smallest absolute Gasteiger partial charge is 0.00460 e. The SMILES string of the molecule is CCCNCCCC=CC(C)CCCc1ccccc1. The Kier molecular flexibility index (Phi) is 9.95. The lowest BCUT2D eigenvalue weighted by Gasteiger charge is -2.06. The molecule has 0 spiro atoms. The van der Waals surface area contributed by atoms with Crippen LogP contribution in [0.2, 0.25) is 0 Å². The highest BCUT2D eigenvalue weighted by Crippen LogP contribution is 2.12. The van der Waals surface area contributed by atoms with Crippen LogP contribution in [0, 0.1) is 5.92 Å². The van der Waals surface area contributed by atoms with Gasteiger partial charge in [0.05, 0.1) is 0 Å². The fourth-order valence-corrected chi connectivity index (χ4v) is 2.34. The van der Waals surface area contributed by atoms with Crippen LogP contribution >= 0.6 is 0 Å². The molecule has 0 aliphatic rings. The van der Waals surface area contributed by atoms with E-state index in [1.807, 2.05) is 0 Å². The van der Waals surface area contributed by atoms with Gasteiger partial charge >= 0.3 is 0 Å². The van der Waals surface area contributed by atoms with Crippen molar-refractivity contribution >= 4 is 0 Å². The normalized spacial score (nSPS) is 12.9. The van der Waals surface area contributed by atoms with E-state index < -0.39 is 0 Å².